The summed E-state index contributed by atoms with van der Waals surface area (Å²) in [6.45, 7) is 11.6. The van der Waals surface area contributed by atoms with Crippen molar-refractivity contribution in [1.29, 1.82) is 0 Å². The lowest BCUT2D eigenvalue weighted by Crippen LogP contribution is -2.01. The lowest BCUT2D eigenvalue weighted by Gasteiger charge is -2.14. The summed E-state index contributed by atoms with van der Waals surface area (Å²) < 4.78 is 16.4. The summed E-state index contributed by atoms with van der Waals surface area (Å²) in [5.74, 6) is 2.19. The molecule has 0 aliphatic rings. The highest BCUT2D eigenvalue weighted by atomic mass is 16.5. The zero-order valence-electron chi connectivity index (χ0n) is 10.2. The molecule has 3 heteroatoms. The molecule has 0 bridgehead atoms. The van der Waals surface area contributed by atoms with Crippen LogP contribution in [0.2, 0.25) is 0 Å². The van der Waals surface area contributed by atoms with Gasteiger partial charge in [-0.15, -0.1) is 0 Å². The van der Waals surface area contributed by atoms with Gasteiger partial charge in [-0.25, -0.2) is 0 Å². The second kappa shape index (κ2) is 6.26. The van der Waals surface area contributed by atoms with E-state index in [4.69, 9.17) is 14.2 Å². The average molecular weight is 223 g/mol. The van der Waals surface area contributed by atoms with Crippen molar-refractivity contribution >= 4 is 0 Å². The zero-order chi connectivity index (χ0) is 12.0. The Labute approximate surface area is 97.3 Å². The summed E-state index contributed by atoms with van der Waals surface area (Å²) in [5.41, 5.74) is 0.771. The van der Waals surface area contributed by atoms with Crippen LogP contribution in [0.3, 0.4) is 0 Å². The monoisotopic (exact) mass is 223 g/mol. The van der Waals surface area contributed by atoms with Crippen molar-refractivity contribution in [2.24, 2.45) is 0 Å². The Kier molecular flexibility index (Phi) is 4.96. The van der Waals surface area contributed by atoms with Gasteiger partial charge >= 0.3 is 0 Å². The van der Waals surface area contributed by atoms with Crippen LogP contribution in [0.15, 0.2) is 12.1 Å². The molecule has 0 unspecified atom stereocenters. The van der Waals surface area contributed by atoms with E-state index in [1.807, 2.05) is 32.9 Å². The fourth-order valence-electron chi connectivity index (χ4n) is 1.41. The third-order valence-corrected chi connectivity index (χ3v) is 2.05. The molecule has 0 aromatic heterocycles. The summed E-state index contributed by atoms with van der Waals surface area (Å²) in [6, 6.07) is 3.69. The molecule has 1 aromatic rings. The number of hydrogen-bond donors (Lipinski definition) is 0. The van der Waals surface area contributed by atoms with Crippen LogP contribution < -0.4 is 14.2 Å². The highest BCUT2D eigenvalue weighted by Crippen LogP contribution is 2.33. The van der Waals surface area contributed by atoms with Gasteiger partial charge in [0, 0.05) is 17.7 Å². The molecule has 1 aromatic carbocycles. The molecular weight excluding hydrogens is 204 g/mol. The van der Waals surface area contributed by atoms with E-state index < -0.39 is 0 Å². The fourth-order valence-corrected chi connectivity index (χ4v) is 1.41. The Hall–Kier alpha value is -1.38. The van der Waals surface area contributed by atoms with Gasteiger partial charge in [0.25, 0.3) is 0 Å². The maximum Gasteiger partial charge on any atom is 0.129 e. The standard InChI is InChI=1S/C13H19O3/c1-5-14-11-8-12(15-6-2)10(4)13(9-11)16-7-3/h8-9H,4-7H2,1-3H3. The summed E-state index contributed by atoms with van der Waals surface area (Å²) in [7, 11) is 0. The van der Waals surface area contributed by atoms with E-state index >= 15 is 0 Å². The summed E-state index contributed by atoms with van der Waals surface area (Å²) >= 11 is 0. The molecule has 1 radical (unpaired) electrons. The van der Waals surface area contributed by atoms with Crippen molar-refractivity contribution in [3.05, 3.63) is 24.6 Å². The molecule has 0 spiro atoms. The molecule has 89 valence electrons. The van der Waals surface area contributed by atoms with Gasteiger partial charge in [0.15, 0.2) is 0 Å². The van der Waals surface area contributed by atoms with Crippen LogP contribution in [0.1, 0.15) is 26.3 Å². The topological polar surface area (TPSA) is 27.7 Å². The normalized spacial score (nSPS) is 10.0. The largest absolute Gasteiger partial charge is 0.494 e. The SMILES string of the molecule is [CH2]c1c(OCC)cc(OCC)cc1OCC. The van der Waals surface area contributed by atoms with Crippen LogP contribution in [0.5, 0.6) is 17.2 Å². The highest BCUT2D eigenvalue weighted by Gasteiger charge is 2.09. The number of hydrogen-bond acceptors (Lipinski definition) is 3. The Morgan fingerprint density at radius 3 is 1.69 bits per heavy atom. The van der Waals surface area contributed by atoms with Gasteiger partial charge in [-0.05, 0) is 27.7 Å². The molecule has 0 atom stereocenters. The lowest BCUT2D eigenvalue weighted by molar-refractivity contribution is 0.305. The van der Waals surface area contributed by atoms with E-state index in [-0.39, 0.29) is 0 Å². The minimum Gasteiger partial charge on any atom is -0.494 e. The second-order valence-corrected chi connectivity index (χ2v) is 3.20. The molecule has 1 rings (SSSR count). The zero-order valence-corrected chi connectivity index (χ0v) is 10.2. The van der Waals surface area contributed by atoms with Crippen LogP contribution in [-0.4, -0.2) is 19.8 Å². The van der Waals surface area contributed by atoms with Crippen molar-refractivity contribution in [2.75, 3.05) is 19.8 Å². The van der Waals surface area contributed by atoms with Gasteiger partial charge < -0.3 is 14.2 Å². The molecule has 16 heavy (non-hydrogen) atoms. The van der Waals surface area contributed by atoms with Crippen molar-refractivity contribution in [1.82, 2.24) is 0 Å². The van der Waals surface area contributed by atoms with E-state index in [0.29, 0.717) is 19.8 Å². The maximum absolute atomic E-state index is 5.49. The minimum atomic E-state index is 0.601. The lowest BCUT2D eigenvalue weighted by atomic mass is 10.2. The molecule has 0 fully saturated rings. The minimum absolute atomic E-state index is 0.601. The molecule has 0 saturated heterocycles. The second-order valence-electron chi connectivity index (χ2n) is 3.20. The Balaban J connectivity index is 3.05. The smallest absolute Gasteiger partial charge is 0.129 e. The molecule has 0 saturated carbocycles. The maximum atomic E-state index is 5.49. The predicted molar refractivity (Wildman–Crippen MR) is 64.4 cm³/mol. The van der Waals surface area contributed by atoms with E-state index in [9.17, 15) is 0 Å². The Morgan fingerprint density at radius 2 is 1.31 bits per heavy atom. The van der Waals surface area contributed by atoms with E-state index in [1.165, 1.54) is 0 Å². The molecule has 3 nitrogen and oxygen atoms in total. The van der Waals surface area contributed by atoms with Crippen LogP contribution in [-0.2, 0) is 0 Å². The first kappa shape index (κ1) is 12.7. The molecule has 0 N–H and O–H groups in total. The Morgan fingerprint density at radius 1 is 0.875 bits per heavy atom. The van der Waals surface area contributed by atoms with Gasteiger partial charge in [-0.3, -0.25) is 0 Å². The Bertz CT molecular complexity index is 307. The van der Waals surface area contributed by atoms with Gasteiger partial charge in [0.05, 0.1) is 19.8 Å². The number of ether oxygens (including phenoxy) is 3. The van der Waals surface area contributed by atoms with E-state index in [1.54, 1.807) is 0 Å². The van der Waals surface area contributed by atoms with Gasteiger partial charge in [-0.1, -0.05) is 0 Å². The van der Waals surface area contributed by atoms with Crippen LogP contribution in [0.4, 0.5) is 0 Å². The molecular formula is C13H19O3. The average Bonchev–Trinajstić information content (AvgIpc) is 2.26. The number of rotatable bonds is 6. The summed E-state index contributed by atoms with van der Waals surface area (Å²) in [6.07, 6.45) is 0. The van der Waals surface area contributed by atoms with Crippen LogP contribution in [0.25, 0.3) is 0 Å². The fraction of sp³-hybridized carbons (Fsp3) is 0.462. The predicted octanol–water partition coefficient (Wildman–Crippen LogP) is 3.06. The van der Waals surface area contributed by atoms with Crippen molar-refractivity contribution in [3.8, 4) is 17.2 Å². The van der Waals surface area contributed by atoms with E-state index in [2.05, 4.69) is 6.92 Å². The first-order valence-corrected chi connectivity index (χ1v) is 5.61. The number of benzene rings is 1. The van der Waals surface area contributed by atoms with Gasteiger partial charge in [0.1, 0.15) is 17.2 Å². The van der Waals surface area contributed by atoms with Gasteiger partial charge in [-0.2, -0.15) is 0 Å². The van der Waals surface area contributed by atoms with E-state index in [0.717, 1.165) is 22.8 Å². The van der Waals surface area contributed by atoms with Crippen LogP contribution >= 0.6 is 0 Å². The summed E-state index contributed by atoms with van der Waals surface area (Å²) in [4.78, 5) is 0. The molecule has 0 aliphatic heterocycles. The van der Waals surface area contributed by atoms with Crippen molar-refractivity contribution in [3.63, 3.8) is 0 Å². The summed E-state index contributed by atoms with van der Waals surface area (Å²) in [5, 5.41) is 0. The van der Waals surface area contributed by atoms with Crippen LogP contribution in [0, 0.1) is 6.92 Å². The highest BCUT2D eigenvalue weighted by molar-refractivity contribution is 5.52. The first-order valence-electron chi connectivity index (χ1n) is 5.61. The molecule has 0 amide bonds. The third kappa shape index (κ3) is 3.05. The molecule has 0 aliphatic carbocycles. The first-order chi connectivity index (χ1) is 7.72. The third-order valence-electron chi connectivity index (χ3n) is 2.05. The van der Waals surface area contributed by atoms with Crippen molar-refractivity contribution in [2.45, 2.75) is 20.8 Å². The quantitative estimate of drug-likeness (QED) is 0.741. The molecule has 0 heterocycles. The van der Waals surface area contributed by atoms with Crippen molar-refractivity contribution < 1.29 is 14.2 Å². The van der Waals surface area contributed by atoms with Gasteiger partial charge in [0.2, 0.25) is 0 Å².